The van der Waals surface area contributed by atoms with Gasteiger partial charge in [-0.1, -0.05) is 12.1 Å². The highest BCUT2D eigenvalue weighted by atomic mass is 16.3. The molecule has 0 heterocycles. The van der Waals surface area contributed by atoms with Gasteiger partial charge in [-0.15, -0.1) is 0 Å². The van der Waals surface area contributed by atoms with E-state index in [9.17, 15) is 35.7 Å². The van der Waals surface area contributed by atoms with Crippen LogP contribution in [0, 0.1) is 0 Å². The Labute approximate surface area is 147 Å². The van der Waals surface area contributed by atoms with Gasteiger partial charge in [-0.3, -0.25) is 0 Å². The van der Waals surface area contributed by atoms with Crippen LogP contribution in [0.4, 0.5) is 0 Å². The van der Waals surface area contributed by atoms with Crippen molar-refractivity contribution in [2.45, 2.75) is 5.92 Å². The lowest BCUT2D eigenvalue weighted by molar-refractivity contribution is 0.413. The Morgan fingerprint density at radius 2 is 0.846 bits per heavy atom. The van der Waals surface area contributed by atoms with Crippen molar-refractivity contribution in [1.82, 2.24) is 0 Å². The molecule has 7 heteroatoms. The Hall–Kier alpha value is -3.74. The van der Waals surface area contributed by atoms with Gasteiger partial charge in [0.1, 0.15) is 40.2 Å². The maximum absolute atomic E-state index is 10.3. The van der Waals surface area contributed by atoms with Crippen LogP contribution in [0.25, 0.3) is 0 Å². The third-order valence-electron chi connectivity index (χ3n) is 4.06. The molecular formula is C19H16O7. The van der Waals surface area contributed by atoms with Gasteiger partial charge in [0.25, 0.3) is 0 Å². The SMILES string of the molecule is Oc1ccc(C(c2ccc(O)cc2O)c2c(O)cc(O)cc2O)c(O)c1. The normalized spacial score (nSPS) is 11.0. The lowest BCUT2D eigenvalue weighted by Gasteiger charge is -2.23. The van der Waals surface area contributed by atoms with Gasteiger partial charge in [-0.25, -0.2) is 0 Å². The molecule has 0 radical (unpaired) electrons. The van der Waals surface area contributed by atoms with E-state index < -0.39 is 17.4 Å². The zero-order valence-corrected chi connectivity index (χ0v) is 13.3. The zero-order valence-electron chi connectivity index (χ0n) is 13.3. The Kier molecular flexibility index (Phi) is 4.13. The first kappa shape index (κ1) is 17.1. The molecule has 134 valence electrons. The first-order valence-corrected chi connectivity index (χ1v) is 7.56. The summed E-state index contributed by atoms with van der Waals surface area (Å²) in [5.41, 5.74) is 0.255. The van der Waals surface area contributed by atoms with Gasteiger partial charge < -0.3 is 35.7 Å². The minimum Gasteiger partial charge on any atom is -0.508 e. The van der Waals surface area contributed by atoms with Crippen molar-refractivity contribution >= 4 is 0 Å². The van der Waals surface area contributed by atoms with Crippen LogP contribution in [0.1, 0.15) is 22.6 Å². The molecule has 0 aliphatic carbocycles. The molecule has 0 aromatic heterocycles. The van der Waals surface area contributed by atoms with Gasteiger partial charge in [-0.05, 0) is 12.1 Å². The highest BCUT2D eigenvalue weighted by Gasteiger charge is 2.28. The van der Waals surface area contributed by atoms with E-state index >= 15 is 0 Å². The van der Waals surface area contributed by atoms with Gasteiger partial charge in [-0.2, -0.15) is 0 Å². The molecule has 0 bridgehead atoms. The molecule has 0 spiro atoms. The molecule has 3 aromatic rings. The van der Waals surface area contributed by atoms with Crippen molar-refractivity contribution in [2.24, 2.45) is 0 Å². The van der Waals surface area contributed by atoms with Crippen LogP contribution in [0.2, 0.25) is 0 Å². The van der Waals surface area contributed by atoms with Crippen LogP contribution in [0.15, 0.2) is 48.5 Å². The number of hydrogen-bond acceptors (Lipinski definition) is 7. The smallest absolute Gasteiger partial charge is 0.127 e. The van der Waals surface area contributed by atoms with E-state index in [1.165, 1.54) is 24.3 Å². The summed E-state index contributed by atoms with van der Waals surface area (Å²) < 4.78 is 0. The van der Waals surface area contributed by atoms with Gasteiger partial charge in [0.05, 0.1) is 0 Å². The van der Waals surface area contributed by atoms with Gasteiger partial charge in [0, 0.05) is 46.9 Å². The van der Waals surface area contributed by atoms with E-state index in [0.717, 1.165) is 24.3 Å². The lowest BCUT2D eigenvalue weighted by Crippen LogP contribution is -2.05. The molecule has 0 unspecified atom stereocenters. The molecule has 3 aromatic carbocycles. The standard InChI is InChI=1S/C19H16O7/c20-9-1-3-12(14(23)5-9)18(13-4-2-10(21)6-15(13)24)19-16(25)7-11(22)8-17(19)26/h1-8,18,20-26H. The molecular weight excluding hydrogens is 340 g/mol. The highest BCUT2D eigenvalue weighted by molar-refractivity contribution is 5.62. The largest absolute Gasteiger partial charge is 0.508 e. The fourth-order valence-corrected chi connectivity index (χ4v) is 2.94. The van der Waals surface area contributed by atoms with Crippen LogP contribution in [-0.4, -0.2) is 35.7 Å². The van der Waals surface area contributed by atoms with Crippen LogP contribution < -0.4 is 0 Å². The second-order valence-electron chi connectivity index (χ2n) is 5.82. The van der Waals surface area contributed by atoms with E-state index in [1.807, 2.05) is 0 Å². The first-order valence-electron chi connectivity index (χ1n) is 7.56. The summed E-state index contributed by atoms with van der Waals surface area (Å²) in [5, 5.41) is 69.7. The summed E-state index contributed by atoms with van der Waals surface area (Å²) in [6.07, 6.45) is 0. The van der Waals surface area contributed by atoms with Crippen molar-refractivity contribution in [1.29, 1.82) is 0 Å². The minimum absolute atomic E-state index is 0.0789. The monoisotopic (exact) mass is 356 g/mol. The Morgan fingerprint density at radius 1 is 0.462 bits per heavy atom. The molecule has 0 amide bonds. The third kappa shape index (κ3) is 2.98. The molecule has 0 saturated carbocycles. The quantitative estimate of drug-likeness (QED) is 0.358. The van der Waals surface area contributed by atoms with Crippen molar-refractivity contribution in [3.8, 4) is 40.2 Å². The number of benzene rings is 3. The molecule has 7 nitrogen and oxygen atoms in total. The van der Waals surface area contributed by atoms with Crippen molar-refractivity contribution in [3.63, 3.8) is 0 Å². The maximum atomic E-state index is 10.3. The maximum Gasteiger partial charge on any atom is 0.127 e. The van der Waals surface area contributed by atoms with Crippen molar-refractivity contribution in [2.75, 3.05) is 0 Å². The predicted molar refractivity (Wildman–Crippen MR) is 91.9 cm³/mol. The number of hydrogen-bond donors (Lipinski definition) is 7. The molecule has 7 N–H and O–H groups in total. The summed E-state index contributed by atoms with van der Waals surface area (Å²) >= 11 is 0. The summed E-state index contributed by atoms with van der Waals surface area (Å²) in [5.74, 6) is -3.43. The average Bonchev–Trinajstić information content (AvgIpc) is 2.52. The summed E-state index contributed by atoms with van der Waals surface area (Å²) in [6, 6.07) is 9.51. The van der Waals surface area contributed by atoms with Crippen LogP contribution in [0.3, 0.4) is 0 Å². The molecule has 0 fully saturated rings. The number of rotatable bonds is 3. The van der Waals surface area contributed by atoms with Gasteiger partial charge >= 0.3 is 0 Å². The molecule has 3 rings (SSSR count). The van der Waals surface area contributed by atoms with E-state index in [-0.39, 0.29) is 45.4 Å². The Morgan fingerprint density at radius 3 is 1.23 bits per heavy atom. The second kappa shape index (κ2) is 6.29. The van der Waals surface area contributed by atoms with Crippen molar-refractivity contribution < 1.29 is 35.7 Å². The summed E-state index contributed by atoms with van der Waals surface area (Å²) in [6.45, 7) is 0. The molecule has 0 atom stereocenters. The van der Waals surface area contributed by atoms with E-state index in [2.05, 4.69) is 0 Å². The van der Waals surface area contributed by atoms with Crippen LogP contribution in [0.5, 0.6) is 40.2 Å². The summed E-state index contributed by atoms with van der Waals surface area (Å²) in [7, 11) is 0. The van der Waals surface area contributed by atoms with E-state index in [0.29, 0.717) is 0 Å². The topological polar surface area (TPSA) is 142 Å². The number of phenolic OH excluding ortho intramolecular Hbond substituents is 7. The number of phenols is 7. The van der Waals surface area contributed by atoms with E-state index in [4.69, 9.17) is 0 Å². The van der Waals surface area contributed by atoms with Crippen LogP contribution >= 0.6 is 0 Å². The molecule has 0 aliphatic heterocycles. The lowest BCUT2D eigenvalue weighted by atomic mass is 9.83. The molecule has 26 heavy (non-hydrogen) atoms. The van der Waals surface area contributed by atoms with Crippen LogP contribution in [-0.2, 0) is 0 Å². The fraction of sp³-hybridized carbons (Fsp3) is 0.0526. The van der Waals surface area contributed by atoms with Crippen molar-refractivity contribution in [3.05, 3.63) is 65.2 Å². The minimum atomic E-state index is -1.06. The van der Waals surface area contributed by atoms with E-state index in [1.54, 1.807) is 0 Å². The fourth-order valence-electron chi connectivity index (χ4n) is 2.94. The number of aromatic hydroxyl groups is 7. The predicted octanol–water partition coefficient (Wildman–Crippen LogP) is 2.81. The zero-order chi connectivity index (χ0) is 19.0. The Bertz CT molecular complexity index is 907. The van der Waals surface area contributed by atoms with Gasteiger partial charge in [0.15, 0.2) is 0 Å². The Balaban J connectivity index is 2.33. The third-order valence-corrected chi connectivity index (χ3v) is 4.06. The second-order valence-corrected chi connectivity index (χ2v) is 5.82. The molecule has 0 saturated heterocycles. The first-order chi connectivity index (χ1) is 12.3. The highest BCUT2D eigenvalue weighted by Crippen LogP contribution is 2.48. The summed E-state index contributed by atoms with van der Waals surface area (Å²) in [4.78, 5) is 0. The average molecular weight is 356 g/mol. The molecule has 0 aliphatic rings. The van der Waals surface area contributed by atoms with Gasteiger partial charge in [0.2, 0.25) is 0 Å².